The lowest BCUT2D eigenvalue weighted by atomic mass is 10.1. The van der Waals surface area contributed by atoms with E-state index in [-0.39, 0.29) is 0 Å². The predicted octanol–water partition coefficient (Wildman–Crippen LogP) is -0.231. The second kappa shape index (κ2) is 6.73. The fourth-order valence-corrected chi connectivity index (χ4v) is 2.33. The topological polar surface area (TPSA) is 118 Å². The highest BCUT2D eigenvalue weighted by molar-refractivity contribution is 7.22. The quantitative estimate of drug-likeness (QED) is 0.371. The maximum Gasteiger partial charge on any atom is 0.204 e. The molecule has 0 aliphatic heterocycles. The SMILES string of the molecule is OC[C@@H](O)[C@@H](O)[C@H](O)/C=N/Nc1nc2ccccc2s1. The molecule has 0 aliphatic rings. The van der Waals surface area contributed by atoms with Crippen molar-refractivity contribution in [2.45, 2.75) is 18.3 Å². The number of aliphatic hydroxyl groups is 4. The molecule has 2 aromatic rings. The number of nitrogens with zero attached hydrogens (tertiary/aromatic N) is 2. The van der Waals surface area contributed by atoms with Gasteiger partial charge in [0.25, 0.3) is 0 Å². The average molecular weight is 297 g/mol. The number of aliphatic hydroxyl groups excluding tert-OH is 4. The minimum absolute atomic E-state index is 0.548. The van der Waals surface area contributed by atoms with Crippen LogP contribution >= 0.6 is 11.3 Å². The van der Waals surface area contributed by atoms with E-state index in [1.807, 2.05) is 24.3 Å². The van der Waals surface area contributed by atoms with E-state index in [1.54, 1.807) is 0 Å². The molecule has 7 nitrogen and oxygen atoms in total. The lowest BCUT2D eigenvalue weighted by Gasteiger charge is -2.17. The van der Waals surface area contributed by atoms with Gasteiger partial charge in [0, 0.05) is 0 Å². The Morgan fingerprint density at radius 3 is 2.75 bits per heavy atom. The first-order chi connectivity index (χ1) is 9.61. The summed E-state index contributed by atoms with van der Waals surface area (Å²) in [5.74, 6) is 0. The fourth-order valence-electron chi connectivity index (χ4n) is 1.51. The first-order valence-electron chi connectivity index (χ1n) is 5.91. The zero-order valence-corrected chi connectivity index (χ0v) is 11.2. The van der Waals surface area contributed by atoms with E-state index in [1.165, 1.54) is 11.3 Å². The number of thiazole rings is 1. The van der Waals surface area contributed by atoms with Crippen LogP contribution in [0.1, 0.15) is 0 Å². The van der Waals surface area contributed by atoms with Crippen molar-refractivity contribution < 1.29 is 20.4 Å². The number of benzene rings is 1. The molecule has 0 saturated heterocycles. The van der Waals surface area contributed by atoms with E-state index in [2.05, 4.69) is 15.5 Å². The van der Waals surface area contributed by atoms with E-state index in [0.717, 1.165) is 16.4 Å². The summed E-state index contributed by atoms with van der Waals surface area (Å²) >= 11 is 1.40. The van der Waals surface area contributed by atoms with Crippen LogP contribution in [0.5, 0.6) is 0 Å². The normalized spacial score (nSPS) is 16.4. The molecule has 20 heavy (non-hydrogen) atoms. The monoisotopic (exact) mass is 297 g/mol. The van der Waals surface area contributed by atoms with Crippen molar-refractivity contribution in [3.05, 3.63) is 24.3 Å². The Morgan fingerprint density at radius 2 is 2.05 bits per heavy atom. The van der Waals surface area contributed by atoms with Gasteiger partial charge in [0.2, 0.25) is 5.13 Å². The molecule has 108 valence electrons. The van der Waals surface area contributed by atoms with Crippen LogP contribution in [0.3, 0.4) is 0 Å². The Kier molecular flexibility index (Phi) is 4.99. The van der Waals surface area contributed by atoms with Gasteiger partial charge in [0.1, 0.15) is 18.3 Å². The highest BCUT2D eigenvalue weighted by Crippen LogP contribution is 2.25. The fraction of sp³-hybridized carbons (Fsp3) is 0.333. The zero-order chi connectivity index (χ0) is 14.5. The number of nitrogens with one attached hydrogen (secondary N) is 1. The largest absolute Gasteiger partial charge is 0.394 e. The molecule has 0 bridgehead atoms. The predicted molar refractivity (Wildman–Crippen MR) is 76.8 cm³/mol. The Morgan fingerprint density at radius 1 is 1.30 bits per heavy atom. The van der Waals surface area contributed by atoms with Crippen LogP contribution in [0.2, 0.25) is 0 Å². The van der Waals surface area contributed by atoms with E-state index in [0.29, 0.717) is 5.13 Å². The maximum absolute atomic E-state index is 9.51. The van der Waals surface area contributed by atoms with Crippen LogP contribution in [-0.4, -0.2) is 56.5 Å². The summed E-state index contributed by atoms with van der Waals surface area (Å²) in [7, 11) is 0. The average Bonchev–Trinajstić information content (AvgIpc) is 2.88. The highest BCUT2D eigenvalue weighted by Gasteiger charge is 2.22. The molecule has 8 heteroatoms. The highest BCUT2D eigenvalue weighted by atomic mass is 32.1. The van der Waals surface area contributed by atoms with Crippen molar-refractivity contribution in [1.82, 2.24) is 4.98 Å². The third-order valence-electron chi connectivity index (χ3n) is 2.61. The first kappa shape index (κ1) is 14.8. The molecule has 0 saturated carbocycles. The van der Waals surface area contributed by atoms with Crippen molar-refractivity contribution in [3.8, 4) is 0 Å². The summed E-state index contributed by atoms with van der Waals surface area (Å²) < 4.78 is 1.00. The van der Waals surface area contributed by atoms with Crippen molar-refractivity contribution in [3.63, 3.8) is 0 Å². The standard InChI is InChI=1S/C12H15N3O4S/c16-6-9(18)11(19)8(17)5-13-15-12-14-7-3-1-2-4-10(7)20-12/h1-5,8-9,11,16-19H,6H2,(H,14,15)/b13-5+/t8-,9-,11+/m1/s1. The summed E-state index contributed by atoms with van der Waals surface area (Å²) in [5.41, 5.74) is 3.48. The summed E-state index contributed by atoms with van der Waals surface area (Å²) in [6, 6.07) is 7.59. The van der Waals surface area contributed by atoms with Crippen LogP contribution in [0, 0.1) is 0 Å². The number of aromatic nitrogens is 1. The van der Waals surface area contributed by atoms with Crippen LogP contribution in [0.15, 0.2) is 29.4 Å². The van der Waals surface area contributed by atoms with Crippen LogP contribution in [-0.2, 0) is 0 Å². The molecule has 3 atom stereocenters. The minimum Gasteiger partial charge on any atom is -0.394 e. The summed E-state index contributed by atoms with van der Waals surface area (Å²) in [6.07, 6.45) is -3.27. The van der Waals surface area contributed by atoms with Gasteiger partial charge in [-0.2, -0.15) is 5.10 Å². The van der Waals surface area contributed by atoms with Gasteiger partial charge in [-0.15, -0.1) is 0 Å². The van der Waals surface area contributed by atoms with Gasteiger partial charge in [-0.25, -0.2) is 4.98 Å². The van der Waals surface area contributed by atoms with Crippen LogP contribution in [0.4, 0.5) is 5.13 Å². The Hall–Kier alpha value is -1.58. The van der Waals surface area contributed by atoms with E-state index < -0.39 is 24.9 Å². The number of hydrogen-bond donors (Lipinski definition) is 5. The Balaban J connectivity index is 1.95. The molecule has 0 fully saturated rings. The number of fused-ring (bicyclic) bond motifs is 1. The van der Waals surface area contributed by atoms with E-state index in [9.17, 15) is 10.2 Å². The Labute approximate surface area is 118 Å². The zero-order valence-electron chi connectivity index (χ0n) is 10.4. The third kappa shape index (κ3) is 3.50. The van der Waals surface area contributed by atoms with Gasteiger partial charge >= 0.3 is 0 Å². The second-order valence-electron chi connectivity index (χ2n) is 4.11. The molecular formula is C12H15N3O4S. The van der Waals surface area contributed by atoms with Gasteiger partial charge in [0.05, 0.1) is 23.0 Å². The van der Waals surface area contributed by atoms with E-state index >= 15 is 0 Å². The molecule has 2 rings (SSSR count). The van der Waals surface area contributed by atoms with Gasteiger partial charge in [0.15, 0.2) is 0 Å². The first-order valence-corrected chi connectivity index (χ1v) is 6.73. The molecule has 0 amide bonds. The van der Waals surface area contributed by atoms with Crippen molar-refractivity contribution in [1.29, 1.82) is 0 Å². The molecule has 0 spiro atoms. The minimum atomic E-state index is -1.50. The summed E-state index contributed by atoms with van der Waals surface area (Å²) in [4.78, 5) is 4.27. The molecule has 0 unspecified atom stereocenters. The third-order valence-corrected chi connectivity index (χ3v) is 3.55. The van der Waals surface area contributed by atoms with Crippen LogP contribution < -0.4 is 5.43 Å². The second-order valence-corrected chi connectivity index (χ2v) is 5.14. The number of para-hydroxylation sites is 1. The smallest absolute Gasteiger partial charge is 0.204 e. The molecule has 1 aromatic heterocycles. The van der Waals surface area contributed by atoms with Gasteiger partial charge in [-0.05, 0) is 12.1 Å². The van der Waals surface area contributed by atoms with E-state index in [4.69, 9.17) is 10.2 Å². The van der Waals surface area contributed by atoms with Crippen LogP contribution in [0.25, 0.3) is 10.2 Å². The Bertz CT molecular complexity index is 556. The number of hydrazone groups is 1. The van der Waals surface area contributed by atoms with Crippen molar-refractivity contribution in [2.24, 2.45) is 5.10 Å². The summed E-state index contributed by atoms with van der Waals surface area (Å²) in [6.45, 7) is -0.642. The molecule has 1 heterocycles. The number of anilines is 1. The van der Waals surface area contributed by atoms with Crippen molar-refractivity contribution >= 4 is 32.9 Å². The van der Waals surface area contributed by atoms with Gasteiger partial charge in [-0.1, -0.05) is 23.5 Å². The molecular weight excluding hydrogens is 282 g/mol. The lowest BCUT2D eigenvalue weighted by molar-refractivity contribution is -0.0541. The number of hydrogen-bond acceptors (Lipinski definition) is 8. The molecule has 1 aromatic carbocycles. The maximum atomic E-state index is 9.51. The van der Waals surface area contributed by atoms with Gasteiger partial charge < -0.3 is 20.4 Å². The van der Waals surface area contributed by atoms with Crippen molar-refractivity contribution in [2.75, 3.05) is 12.0 Å². The molecule has 0 aliphatic carbocycles. The summed E-state index contributed by atoms with van der Waals surface area (Å²) in [5, 5.41) is 41.0. The lowest BCUT2D eigenvalue weighted by Crippen LogP contribution is -2.40. The molecule has 5 N–H and O–H groups in total. The van der Waals surface area contributed by atoms with Gasteiger partial charge in [-0.3, -0.25) is 5.43 Å². The number of rotatable bonds is 6. The molecule has 0 radical (unpaired) electrons.